The van der Waals surface area contributed by atoms with Crippen molar-refractivity contribution in [1.82, 2.24) is 0 Å². The molecule has 5 rings (SSSR count). The number of rotatable bonds is 4. The molecule has 0 aromatic heterocycles. The number of carbonyl (C=O) groups is 1. The lowest BCUT2D eigenvalue weighted by molar-refractivity contribution is -0.0238. The molecular weight excluding hydrogens is 268 g/mol. The standard InChI is InChI=1S/C21H26O/c1-2-15-3-5-19(6-4-15)20(22)7-8-21-12-16-9-17(13-21)11-18(10-16)14-21/h3-8,16-18H,2,9-14H2,1H3. The molecule has 0 aliphatic heterocycles. The van der Waals surface area contributed by atoms with Gasteiger partial charge in [0.25, 0.3) is 0 Å². The average Bonchev–Trinajstić information content (AvgIpc) is 2.51. The van der Waals surface area contributed by atoms with Crippen LogP contribution in [0.4, 0.5) is 0 Å². The molecule has 0 unspecified atom stereocenters. The van der Waals surface area contributed by atoms with Crippen molar-refractivity contribution >= 4 is 5.78 Å². The Morgan fingerprint density at radius 3 is 2.09 bits per heavy atom. The second-order valence-electron chi connectivity index (χ2n) is 8.03. The summed E-state index contributed by atoms with van der Waals surface area (Å²) in [4.78, 5) is 12.5. The maximum absolute atomic E-state index is 12.5. The summed E-state index contributed by atoms with van der Waals surface area (Å²) in [6, 6.07) is 8.11. The maximum Gasteiger partial charge on any atom is 0.185 e. The van der Waals surface area contributed by atoms with Crippen molar-refractivity contribution in [3.63, 3.8) is 0 Å². The largest absolute Gasteiger partial charge is 0.289 e. The van der Waals surface area contributed by atoms with Crippen LogP contribution < -0.4 is 0 Å². The first kappa shape index (κ1) is 14.2. The number of hydrogen-bond acceptors (Lipinski definition) is 1. The second-order valence-corrected chi connectivity index (χ2v) is 8.03. The highest BCUT2D eigenvalue weighted by Gasteiger charge is 2.49. The Morgan fingerprint density at radius 1 is 1.05 bits per heavy atom. The van der Waals surface area contributed by atoms with Crippen molar-refractivity contribution in [2.24, 2.45) is 23.2 Å². The summed E-state index contributed by atoms with van der Waals surface area (Å²) in [6.45, 7) is 2.14. The molecule has 0 spiro atoms. The Hall–Kier alpha value is -1.37. The molecule has 1 nitrogen and oxygen atoms in total. The number of hydrogen-bond donors (Lipinski definition) is 0. The number of benzene rings is 1. The molecule has 0 saturated heterocycles. The van der Waals surface area contributed by atoms with Gasteiger partial charge in [0.15, 0.2) is 5.78 Å². The van der Waals surface area contributed by atoms with E-state index in [2.05, 4.69) is 25.1 Å². The highest BCUT2D eigenvalue weighted by molar-refractivity contribution is 6.04. The summed E-state index contributed by atoms with van der Waals surface area (Å²) in [5.74, 6) is 3.00. The summed E-state index contributed by atoms with van der Waals surface area (Å²) in [5.41, 5.74) is 2.48. The van der Waals surface area contributed by atoms with E-state index in [1.54, 1.807) is 0 Å². The summed E-state index contributed by atoms with van der Waals surface area (Å²) >= 11 is 0. The predicted octanol–water partition coefficient (Wildman–Crippen LogP) is 5.20. The Morgan fingerprint density at radius 2 is 1.59 bits per heavy atom. The van der Waals surface area contributed by atoms with Gasteiger partial charge >= 0.3 is 0 Å². The molecule has 4 aliphatic carbocycles. The first-order valence-electron chi connectivity index (χ1n) is 8.98. The molecule has 1 heteroatoms. The Kier molecular flexibility index (Phi) is 3.47. The molecule has 0 heterocycles. The van der Waals surface area contributed by atoms with Gasteiger partial charge < -0.3 is 0 Å². The van der Waals surface area contributed by atoms with Crippen molar-refractivity contribution < 1.29 is 4.79 Å². The molecule has 4 aliphatic rings. The van der Waals surface area contributed by atoms with E-state index >= 15 is 0 Å². The SMILES string of the molecule is CCc1ccc(C(=O)C=CC23CC4CC(CC(C4)C2)C3)cc1. The monoisotopic (exact) mass is 294 g/mol. The molecule has 4 bridgehead atoms. The van der Waals surface area contributed by atoms with Crippen LogP contribution in [0.3, 0.4) is 0 Å². The third-order valence-corrected chi connectivity index (χ3v) is 6.32. The number of carbonyl (C=O) groups excluding carboxylic acids is 1. The fourth-order valence-corrected chi connectivity index (χ4v) is 5.64. The van der Waals surface area contributed by atoms with E-state index in [9.17, 15) is 4.79 Å². The van der Waals surface area contributed by atoms with Crippen LogP contribution in [0.1, 0.15) is 61.4 Å². The third-order valence-electron chi connectivity index (χ3n) is 6.32. The zero-order valence-corrected chi connectivity index (χ0v) is 13.6. The van der Waals surface area contributed by atoms with E-state index in [0.717, 1.165) is 29.7 Å². The van der Waals surface area contributed by atoms with Gasteiger partial charge in [-0.05, 0) is 79.8 Å². The number of ketones is 1. The third kappa shape index (κ3) is 2.55. The van der Waals surface area contributed by atoms with Crippen LogP contribution in [0.25, 0.3) is 0 Å². The average molecular weight is 294 g/mol. The van der Waals surface area contributed by atoms with Gasteiger partial charge in [0.2, 0.25) is 0 Å². The van der Waals surface area contributed by atoms with E-state index in [1.165, 1.54) is 44.1 Å². The Bertz CT molecular complexity index is 558. The van der Waals surface area contributed by atoms with Gasteiger partial charge in [0.1, 0.15) is 0 Å². The van der Waals surface area contributed by atoms with Crippen LogP contribution in [-0.2, 0) is 6.42 Å². The van der Waals surface area contributed by atoms with Gasteiger partial charge in [0.05, 0.1) is 0 Å². The first-order chi connectivity index (χ1) is 10.7. The van der Waals surface area contributed by atoms with E-state index in [1.807, 2.05) is 18.2 Å². The minimum Gasteiger partial charge on any atom is -0.289 e. The molecule has 0 amide bonds. The zero-order valence-electron chi connectivity index (χ0n) is 13.6. The maximum atomic E-state index is 12.5. The van der Waals surface area contributed by atoms with Crippen molar-refractivity contribution in [2.45, 2.75) is 51.9 Å². The van der Waals surface area contributed by atoms with Gasteiger partial charge in [0, 0.05) is 5.56 Å². The van der Waals surface area contributed by atoms with E-state index < -0.39 is 0 Å². The molecule has 1 aromatic rings. The van der Waals surface area contributed by atoms with Crippen molar-refractivity contribution in [2.75, 3.05) is 0 Å². The minimum atomic E-state index is 0.179. The summed E-state index contributed by atoms with van der Waals surface area (Å²) in [6.07, 6.45) is 13.6. The molecule has 116 valence electrons. The highest BCUT2D eigenvalue weighted by atomic mass is 16.1. The Labute approximate surface area is 133 Å². The van der Waals surface area contributed by atoms with E-state index in [4.69, 9.17) is 0 Å². The van der Waals surface area contributed by atoms with Gasteiger partial charge in [-0.2, -0.15) is 0 Å². The molecule has 1 aromatic carbocycles. The fourth-order valence-electron chi connectivity index (χ4n) is 5.64. The number of aryl methyl sites for hydroxylation is 1. The minimum absolute atomic E-state index is 0.179. The second kappa shape index (κ2) is 5.37. The summed E-state index contributed by atoms with van der Waals surface area (Å²) < 4.78 is 0. The van der Waals surface area contributed by atoms with E-state index in [0.29, 0.717) is 5.41 Å². The van der Waals surface area contributed by atoms with Crippen molar-refractivity contribution in [3.05, 3.63) is 47.5 Å². The van der Waals surface area contributed by atoms with Gasteiger partial charge in [-0.3, -0.25) is 4.79 Å². The van der Waals surface area contributed by atoms with Crippen molar-refractivity contribution in [3.8, 4) is 0 Å². The first-order valence-corrected chi connectivity index (χ1v) is 8.98. The topological polar surface area (TPSA) is 17.1 Å². The molecule has 4 fully saturated rings. The molecule has 0 atom stereocenters. The van der Waals surface area contributed by atoms with Gasteiger partial charge in [-0.25, -0.2) is 0 Å². The molecular formula is C21H26O. The fraction of sp³-hybridized carbons (Fsp3) is 0.571. The van der Waals surface area contributed by atoms with E-state index in [-0.39, 0.29) is 5.78 Å². The summed E-state index contributed by atoms with van der Waals surface area (Å²) in [7, 11) is 0. The molecule has 0 radical (unpaired) electrons. The van der Waals surface area contributed by atoms with Crippen LogP contribution >= 0.6 is 0 Å². The predicted molar refractivity (Wildman–Crippen MR) is 89.9 cm³/mol. The lowest BCUT2D eigenvalue weighted by atomic mass is 9.49. The molecule has 22 heavy (non-hydrogen) atoms. The number of allylic oxidation sites excluding steroid dienone is 2. The zero-order chi connectivity index (χ0) is 15.2. The van der Waals surface area contributed by atoms with Gasteiger partial charge in [-0.1, -0.05) is 37.3 Å². The van der Waals surface area contributed by atoms with Gasteiger partial charge in [-0.15, -0.1) is 0 Å². The molecule has 4 saturated carbocycles. The normalized spacial score (nSPS) is 36.1. The smallest absolute Gasteiger partial charge is 0.185 e. The highest BCUT2D eigenvalue weighted by Crippen LogP contribution is 2.60. The lowest BCUT2D eigenvalue weighted by Crippen LogP contribution is -2.45. The van der Waals surface area contributed by atoms with Crippen molar-refractivity contribution in [1.29, 1.82) is 0 Å². The Balaban J connectivity index is 1.50. The van der Waals surface area contributed by atoms with Crippen LogP contribution in [0.15, 0.2) is 36.4 Å². The quantitative estimate of drug-likeness (QED) is 0.550. The van der Waals surface area contributed by atoms with Crippen LogP contribution in [-0.4, -0.2) is 5.78 Å². The van der Waals surface area contributed by atoms with Crippen LogP contribution in [0.2, 0.25) is 0 Å². The lowest BCUT2D eigenvalue weighted by Gasteiger charge is -2.55. The molecule has 0 N–H and O–H groups in total. The summed E-state index contributed by atoms with van der Waals surface area (Å²) in [5, 5.41) is 0. The van der Waals surface area contributed by atoms with Crippen LogP contribution in [0.5, 0.6) is 0 Å². The van der Waals surface area contributed by atoms with Crippen LogP contribution in [0, 0.1) is 23.2 Å².